The minimum atomic E-state index is -3.99. The van der Waals surface area contributed by atoms with Crippen molar-refractivity contribution in [3.63, 3.8) is 0 Å². The number of carboxylic acid groups (broad SMARTS) is 1. The molecule has 0 saturated heterocycles. The summed E-state index contributed by atoms with van der Waals surface area (Å²) in [6.45, 7) is 1.20. The summed E-state index contributed by atoms with van der Waals surface area (Å²) in [5, 5.41) is 18.0. The number of aliphatic hydroxyl groups excluding tert-OH is 1. The number of benzene rings is 1. The fourth-order valence-corrected chi connectivity index (χ4v) is 2.56. The highest BCUT2D eigenvalue weighted by atomic mass is 32.2. The largest absolute Gasteiger partial charge is 0.478 e. The third-order valence-corrected chi connectivity index (χ3v) is 3.57. The fraction of sp³-hybridized carbons (Fsp3) is 0.300. The number of anilines is 1. The summed E-state index contributed by atoms with van der Waals surface area (Å²) < 4.78 is 25.8. The van der Waals surface area contributed by atoms with Gasteiger partial charge in [-0.1, -0.05) is 0 Å². The first kappa shape index (κ1) is 14.4. The van der Waals surface area contributed by atoms with Crippen LogP contribution in [-0.2, 0) is 10.0 Å². The Morgan fingerprint density at radius 2 is 2.11 bits per heavy atom. The Labute approximate surface area is 104 Å². The number of rotatable bonds is 5. The summed E-state index contributed by atoms with van der Waals surface area (Å²) in [4.78, 5) is 10.6. The van der Waals surface area contributed by atoms with Gasteiger partial charge in [0.05, 0.1) is 16.6 Å². The maximum Gasteiger partial charge on any atom is 0.337 e. The van der Waals surface area contributed by atoms with E-state index in [1.54, 1.807) is 0 Å². The highest BCUT2D eigenvalue weighted by Gasteiger charge is 2.22. The quantitative estimate of drug-likeness (QED) is 0.542. The van der Waals surface area contributed by atoms with Crippen molar-refractivity contribution in [2.45, 2.75) is 17.9 Å². The molecule has 0 spiro atoms. The van der Waals surface area contributed by atoms with Gasteiger partial charge in [0.25, 0.3) is 0 Å². The molecule has 0 saturated carbocycles. The van der Waals surface area contributed by atoms with Crippen LogP contribution in [0.15, 0.2) is 23.1 Å². The van der Waals surface area contributed by atoms with Crippen LogP contribution in [0, 0.1) is 0 Å². The number of aliphatic hydroxyl groups is 1. The predicted octanol–water partition coefficient (Wildman–Crippen LogP) is -0.374. The average Bonchev–Trinajstić information content (AvgIpc) is 2.26. The second-order valence-corrected chi connectivity index (χ2v) is 5.50. The molecule has 0 amide bonds. The van der Waals surface area contributed by atoms with Crippen LogP contribution in [-0.4, -0.2) is 37.2 Å². The Morgan fingerprint density at radius 3 is 2.61 bits per heavy atom. The van der Waals surface area contributed by atoms with E-state index in [4.69, 9.17) is 15.9 Å². The van der Waals surface area contributed by atoms with Crippen molar-refractivity contribution in [1.82, 2.24) is 4.72 Å². The van der Waals surface area contributed by atoms with Gasteiger partial charge in [-0.25, -0.2) is 17.9 Å². The monoisotopic (exact) mass is 274 g/mol. The van der Waals surface area contributed by atoms with Crippen molar-refractivity contribution in [3.05, 3.63) is 23.8 Å². The van der Waals surface area contributed by atoms with E-state index in [0.29, 0.717) is 0 Å². The molecular weight excluding hydrogens is 260 g/mol. The minimum Gasteiger partial charge on any atom is -0.478 e. The molecule has 5 N–H and O–H groups in total. The van der Waals surface area contributed by atoms with Crippen molar-refractivity contribution in [2.75, 3.05) is 12.3 Å². The molecule has 0 heterocycles. The number of hydrogen-bond acceptors (Lipinski definition) is 5. The van der Waals surface area contributed by atoms with Crippen molar-refractivity contribution < 1.29 is 23.4 Å². The SMILES string of the molecule is C[C@H](O)CNS(=O)(=O)c1ccc(N)cc1C(=O)O. The van der Waals surface area contributed by atoms with Gasteiger partial charge in [0, 0.05) is 12.2 Å². The molecule has 0 fully saturated rings. The normalized spacial score (nSPS) is 13.2. The maximum absolute atomic E-state index is 11.8. The summed E-state index contributed by atoms with van der Waals surface area (Å²) in [7, 11) is -3.99. The molecule has 7 nitrogen and oxygen atoms in total. The Balaban J connectivity index is 3.20. The molecule has 0 aliphatic carbocycles. The second kappa shape index (κ2) is 5.34. The highest BCUT2D eigenvalue weighted by Crippen LogP contribution is 2.18. The van der Waals surface area contributed by atoms with Gasteiger partial charge >= 0.3 is 5.97 Å². The lowest BCUT2D eigenvalue weighted by Gasteiger charge is -2.11. The third-order valence-electron chi connectivity index (χ3n) is 2.09. The Kier molecular flexibility index (Phi) is 4.28. The standard InChI is InChI=1S/C10H14N2O5S/c1-6(13)5-12-18(16,17)9-3-2-7(11)4-8(9)10(14)15/h2-4,6,12-13H,5,11H2,1H3,(H,14,15)/t6-/m0/s1. The van der Waals surface area contributed by atoms with Gasteiger partial charge in [-0.2, -0.15) is 0 Å². The lowest BCUT2D eigenvalue weighted by atomic mass is 10.2. The zero-order valence-corrected chi connectivity index (χ0v) is 10.4. The summed E-state index contributed by atoms with van der Waals surface area (Å²) in [5.74, 6) is -1.39. The lowest BCUT2D eigenvalue weighted by molar-refractivity contribution is 0.0692. The first-order chi connectivity index (χ1) is 8.24. The van der Waals surface area contributed by atoms with Gasteiger partial charge in [-0.15, -0.1) is 0 Å². The Hall–Kier alpha value is -1.64. The number of nitrogen functional groups attached to an aromatic ring is 1. The van der Waals surface area contributed by atoms with Gasteiger partial charge in [0.15, 0.2) is 0 Å². The van der Waals surface area contributed by atoms with Crippen molar-refractivity contribution >= 4 is 21.7 Å². The Bertz CT molecular complexity index is 553. The molecule has 18 heavy (non-hydrogen) atoms. The zero-order valence-electron chi connectivity index (χ0n) is 9.62. The van der Waals surface area contributed by atoms with E-state index < -0.39 is 27.7 Å². The van der Waals surface area contributed by atoms with Crippen LogP contribution in [0.5, 0.6) is 0 Å². The molecule has 1 rings (SSSR count). The smallest absolute Gasteiger partial charge is 0.337 e. The van der Waals surface area contributed by atoms with Crippen LogP contribution in [0.2, 0.25) is 0 Å². The van der Waals surface area contributed by atoms with E-state index in [1.165, 1.54) is 13.0 Å². The molecular formula is C10H14N2O5S. The average molecular weight is 274 g/mol. The van der Waals surface area contributed by atoms with Gasteiger partial charge < -0.3 is 15.9 Å². The van der Waals surface area contributed by atoms with E-state index in [2.05, 4.69) is 4.72 Å². The summed E-state index contributed by atoms with van der Waals surface area (Å²) >= 11 is 0. The minimum absolute atomic E-state index is 0.155. The van der Waals surface area contributed by atoms with E-state index in [1.807, 2.05) is 0 Å². The lowest BCUT2D eigenvalue weighted by Crippen LogP contribution is -2.31. The third kappa shape index (κ3) is 3.42. The first-order valence-corrected chi connectivity index (χ1v) is 6.53. The molecule has 0 aliphatic heterocycles. The van der Waals surface area contributed by atoms with E-state index in [9.17, 15) is 13.2 Å². The molecule has 8 heteroatoms. The first-order valence-electron chi connectivity index (χ1n) is 5.04. The molecule has 100 valence electrons. The van der Waals surface area contributed by atoms with Crippen LogP contribution < -0.4 is 10.5 Å². The van der Waals surface area contributed by atoms with Crippen molar-refractivity contribution in [2.24, 2.45) is 0 Å². The number of nitrogens with two attached hydrogens (primary N) is 1. The highest BCUT2D eigenvalue weighted by molar-refractivity contribution is 7.89. The van der Waals surface area contributed by atoms with Gasteiger partial charge in [-0.3, -0.25) is 0 Å². The van der Waals surface area contributed by atoms with Crippen molar-refractivity contribution in [1.29, 1.82) is 0 Å². The molecule has 0 aromatic heterocycles. The van der Waals surface area contributed by atoms with Crippen LogP contribution in [0.3, 0.4) is 0 Å². The number of carboxylic acids is 1. The number of nitrogens with one attached hydrogen (secondary N) is 1. The number of aromatic carboxylic acids is 1. The number of sulfonamides is 1. The summed E-state index contributed by atoms with van der Waals surface area (Å²) in [6, 6.07) is 3.48. The van der Waals surface area contributed by atoms with Crippen molar-refractivity contribution in [3.8, 4) is 0 Å². The number of carbonyl (C=O) groups is 1. The topological polar surface area (TPSA) is 130 Å². The van der Waals surface area contributed by atoms with Crippen LogP contribution in [0.25, 0.3) is 0 Å². The predicted molar refractivity (Wildman–Crippen MR) is 64.7 cm³/mol. The number of hydrogen-bond donors (Lipinski definition) is 4. The molecule has 0 aliphatic rings. The fourth-order valence-electron chi connectivity index (χ4n) is 1.26. The second-order valence-electron chi connectivity index (χ2n) is 3.76. The summed E-state index contributed by atoms with van der Waals surface area (Å²) in [6.07, 6.45) is -0.873. The van der Waals surface area contributed by atoms with Gasteiger partial charge in [0.1, 0.15) is 0 Å². The summed E-state index contributed by atoms with van der Waals surface area (Å²) in [5.41, 5.74) is 5.16. The molecule has 0 radical (unpaired) electrons. The molecule has 1 aromatic rings. The zero-order chi connectivity index (χ0) is 13.9. The van der Waals surface area contributed by atoms with E-state index in [0.717, 1.165) is 12.1 Å². The molecule has 1 atom stereocenters. The van der Waals surface area contributed by atoms with Crippen LogP contribution >= 0.6 is 0 Å². The van der Waals surface area contributed by atoms with Gasteiger partial charge in [-0.05, 0) is 25.1 Å². The molecule has 0 unspecified atom stereocenters. The molecule has 0 bridgehead atoms. The van der Waals surface area contributed by atoms with Crippen LogP contribution in [0.1, 0.15) is 17.3 Å². The maximum atomic E-state index is 11.8. The van der Waals surface area contributed by atoms with Gasteiger partial charge in [0.2, 0.25) is 10.0 Å². The molecule has 1 aromatic carbocycles. The van der Waals surface area contributed by atoms with E-state index in [-0.39, 0.29) is 17.1 Å². The van der Waals surface area contributed by atoms with Crippen LogP contribution in [0.4, 0.5) is 5.69 Å². The Morgan fingerprint density at radius 1 is 1.50 bits per heavy atom. The van der Waals surface area contributed by atoms with E-state index >= 15 is 0 Å².